The van der Waals surface area contributed by atoms with Crippen LogP contribution in [0.3, 0.4) is 0 Å². The number of sulfonamides is 1. The summed E-state index contributed by atoms with van der Waals surface area (Å²) in [5.74, 6) is -1.90. The van der Waals surface area contributed by atoms with Crippen molar-refractivity contribution in [1.29, 1.82) is 0 Å². The normalized spacial score (nSPS) is 14.5. The molecule has 1 fully saturated rings. The number of benzene rings is 1. The number of hydrogen-bond donors (Lipinski definition) is 2. The quantitative estimate of drug-likeness (QED) is 0.485. The maximum atomic E-state index is 14.7. The van der Waals surface area contributed by atoms with Crippen molar-refractivity contribution in [3.63, 3.8) is 0 Å². The summed E-state index contributed by atoms with van der Waals surface area (Å²) in [7, 11) is -3.53. The molecular weight excluding hydrogens is 469 g/mol. The molecule has 4 rings (SSSR count). The van der Waals surface area contributed by atoms with Gasteiger partial charge in [0.1, 0.15) is 5.82 Å². The highest BCUT2D eigenvalue weighted by Gasteiger charge is 2.36. The Labute approximate surface area is 195 Å². The largest absolute Gasteiger partial charge is 0.323 e. The zero-order valence-electron chi connectivity index (χ0n) is 17.6. The van der Waals surface area contributed by atoms with E-state index in [0.717, 1.165) is 0 Å². The van der Waals surface area contributed by atoms with Gasteiger partial charge in [-0.1, -0.05) is 24.6 Å². The fourth-order valence-electron chi connectivity index (χ4n) is 3.32. The number of anilines is 2. The summed E-state index contributed by atoms with van der Waals surface area (Å²) in [6, 6.07) is 7.61. The molecule has 33 heavy (non-hydrogen) atoms. The maximum absolute atomic E-state index is 14.7. The van der Waals surface area contributed by atoms with Gasteiger partial charge >= 0.3 is 0 Å². The first-order valence-electron chi connectivity index (χ1n) is 10.3. The van der Waals surface area contributed by atoms with Crippen LogP contribution in [0.15, 0.2) is 48.9 Å². The molecule has 8 nitrogen and oxygen atoms in total. The number of pyridine rings is 1. The summed E-state index contributed by atoms with van der Waals surface area (Å²) in [5.41, 5.74) is 1.56. The van der Waals surface area contributed by atoms with Gasteiger partial charge < -0.3 is 5.32 Å². The van der Waals surface area contributed by atoms with Crippen LogP contribution in [-0.2, 0) is 14.8 Å². The number of halogens is 2. The summed E-state index contributed by atoms with van der Waals surface area (Å²) in [4.78, 5) is 25.1. The highest BCUT2D eigenvalue weighted by Crippen LogP contribution is 2.30. The lowest BCUT2D eigenvalue weighted by molar-refractivity contribution is -0.117. The van der Waals surface area contributed by atoms with E-state index in [9.17, 15) is 17.6 Å². The van der Waals surface area contributed by atoms with Gasteiger partial charge in [-0.25, -0.2) is 22.8 Å². The molecule has 2 heterocycles. The second-order valence-electron chi connectivity index (χ2n) is 7.69. The van der Waals surface area contributed by atoms with Crippen molar-refractivity contribution in [2.75, 3.05) is 10.0 Å². The molecule has 3 aromatic rings. The Morgan fingerprint density at radius 2 is 2.00 bits per heavy atom. The number of amides is 1. The van der Waals surface area contributed by atoms with Gasteiger partial charge in [-0.3, -0.25) is 14.5 Å². The summed E-state index contributed by atoms with van der Waals surface area (Å²) in [5, 5.41) is 2.59. The minimum absolute atomic E-state index is 0.0147. The standard InChI is InChI=1S/C22H21ClFN5O3S/c1-2-17(19-7-8-26-22(28-19)29-33(31,32)16-4-5-16)21(30)27-20-6-3-13(10-18(20)24)14-9-15(23)12-25-11-14/h3,6-12,16-17H,2,4-5H2,1H3,(H,27,30)(H,26,28,29). The van der Waals surface area contributed by atoms with Crippen LogP contribution in [0, 0.1) is 5.82 Å². The number of aromatic nitrogens is 3. The van der Waals surface area contributed by atoms with Crippen molar-refractivity contribution >= 4 is 39.2 Å². The Morgan fingerprint density at radius 3 is 2.67 bits per heavy atom. The minimum Gasteiger partial charge on any atom is -0.323 e. The molecule has 0 bridgehead atoms. The molecule has 1 aromatic carbocycles. The molecule has 1 atom stereocenters. The van der Waals surface area contributed by atoms with E-state index in [4.69, 9.17) is 11.6 Å². The topological polar surface area (TPSA) is 114 Å². The van der Waals surface area contributed by atoms with Crippen molar-refractivity contribution < 1.29 is 17.6 Å². The van der Waals surface area contributed by atoms with E-state index in [1.54, 1.807) is 25.3 Å². The van der Waals surface area contributed by atoms with Gasteiger partial charge in [-0.2, -0.15) is 0 Å². The predicted octanol–water partition coefficient (Wildman–Crippen LogP) is 4.37. The first kappa shape index (κ1) is 23.1. The summed E-state index contributed by atoms with van der Waals surface area (Å²) in [6.07, 6.45) is 6.01. The van der Waals surface area contributed by atoms with E-state index in [-0.39, 0.29) is 11.6 Å². The third-order valence-electron chi connectivity index (χ3n) is 5.22. The average Bonchev–Trinajstić information content (AvgIpc) is 3.62. The van der Waals surface area contributed by atoms with E-state index in [1.165, 1.54) is 30.6 Å². The number of carbonyl (C=O) groups is 1. The Morgan fingerprint density at radius 1 is 1.21 bits per heavy atom. The van der Waals surface area contributed by atoms with Crippen LogP contribution < -0.4 is 10.0 Å². The van der Waals surface area contributed by atoms with E-state index in [1.807, 2.05) is 0 Å². The van der Waals surface area contributed by atoms with Gasteiger partial charge in [-0.05, 0) is 49.1 Å². The van der Waals surface area contributed by atoms with Crippen LogP contribution in [0.4, 0.5) is 16.0 Å². The fraction of sp³-hybridized carbons (Fsp3) is 0.273. The lowest BCUT2D eigenvalue weighted by Crippen LogP contribution is -2.23. The monoisotopic (exact) mass is 489 g/mol. The molecule has 1 aliphatic rings. The van der Waals surface area contributed by atoms with Gasteiger partial charge in [0.15, 0.2) is 0 Å². The first-order valence-corrected chi connectivity index (χ1v) is 12.2. The van der Waals surface area contributed by atoms with Gasteiger partial charge in [0.05, 0.1) is 27.6 Å². The number of nitrogens with zero attached hydrogens (tertiary/aromatic N) is 3. The summed E-state index contributed by atoms with van der Waals surface area (Å²) in [6.45, 7) is 1.78. The summed E-state index contributed by atoms with van der Waals surface area (Å²) >= 11 is 5.95. The molecular formula is C22H21ClFN5O3S. The smallest absolute Gasteiger partial charge is 0.237 e. The van der Waals surface area contributed by atoms with Gasteiger partial charge in [0, 0.05) is 24.2 Å². The van der Waals surface area contributed by atoms with Crippen LogP contribution in [0.25, 0.3) is 11.1 Å². The second-order valence-corrected chi connectivity index (χ2v) is 10.1. The lowest BCUT2D eigenvalue weighted by atomic mass is 10.0. The van der Waals surface area contributed by atoms with E-state index in [0.29, 0.717) is 41.1 Å². The Hall–Kier alpha value is -3.11. The maximum Gasteiger partial charge on any atom is 0.237 e. The number of hydrogen-bond acceptors (Lipinski definition) is 6. The summed E-state index contributed by atoms with van der Waals surface area (Å²) < 4.78 is 41.4. The highest BCUT2D eigenvalue weighted by molar-refractivity contribution is 7.93. The molecule has 0 radical (unpaired) electrons. The molecule has 2 N–H and O–H groups in total. The zero-order chi connectivity index (χ0) is 23.6. The lowest BCUT2D eigenvalue weighted by Gasteiger charge is -2.16. The Kier molecular flexibility index (Phi) is 6.57. The van der Waals surface area contributed by atoms with Gasteiger partial charge in [0.25, 0.3) is 0 Å². The molecule has 2 aromatic heterocycles. The van der Waals surface area contributed by atoms with Crippen molar-refractivity contribution in [3.05, 3.63) is 65.5 Å². The third-order valence-corrected chi connectivity index (χ3v) is 7.24. The molecule has 0 spiro atoms. The van der Waals surface area contributed by atoms with Crippen LogP contribution in [-0.4, -0.2) is 34.5 Å². The predicted molar refractivity (Wildman–Crippen MR) is 124 cm³/mol. The van der Waals surface area contributed by atoms with Crippen LogP contribution >= 0.6 is 11.6 Å². The van der Waals surface area contributed by atoms with Crippen LogP contribution in [0.1, 0.15) is 37.8 Å². The number of carbonyl (C=O) groups excluding carboxylic acids is 1. The molecule has 1 unspecified atom stereocenters. The van der Waals surface area contributed by atoms with Gasteiger partial charge in [-0.15, -0.1) is 0 Å². The van der Waals surface area contributed by atoms with E-state index < -0.39 is 32.9 Å². The van der Waals surface area contributed by atoms with Crippen LogP contribution in [0.2, 0.25) is 5.02 Å². The minimum atomic E-state index is -3.53. The molecule has 11 heteroatoms. The van der Waals surface area contributed by atoms with Crippen molar-refractivity contribution in [2.45, 2.75) is 37.4 Å². The molecule has 0 aliphatic heterocycles. The van der Waals surface area contributed by atoms with E-state index >= 15 is 0 Å². The van der Waals surface area contributed by atoms with Crippen molar-refractivity contribution in [2.24, 2.45) is 0 Å². The SMILES string of the molecule is CCC(C(=O)Nc1ccc(-c2cncc(Cl)c2)cc1F)c1ccnc(NS(=O)(=O)C2CC2)n1. The van der Waals surface area contributed by atoms with Gasteiger partial charge in [0.2, 0.25) is 21.9 Å². The zero-order valence-corrected chi connectivity index (χ0v) is 19.2. The first-order chi connectivity index (χ1) is 15.8. The number of rotatable bonds is 8. The van der Waals surface area contributed by atoms with Crippen molar-refractivity contribution in [1.82, 2.24) is 15.0 Å². The fourth-order valence-corrected chi connectivity index (χ4v) is 4.77. The Bertz CT molecular complexity index is 1300. The van der Waals surface area contributed by atoms with Crippen molar-refractivity contribution in [3.8, 4) is 11.1 Å². The average molecular weight is 490 g/mol. The molecule has 172 valence electrons. The second kappa shape index (κ2) is 9.40. The van der Waals surface area contributed by atoms with E-state index in [2.05, 4.69) is 25.0 Å². The third kappa shape index (κ3) is 5.45. The van der Waals surface area contributed by atoms with Crippen LogP contribution in [0.5, 0.6) is 0 Å². The highest BCUT2D eigenvalue weighted by atomic mass is 35.5. The molecule has 1 saturated carbocycles. The Balaban J connectivity index is 1.51. The molecule has 1 aliphatic carbocycles. The molecule has 1 amide bonds. The number of nitrogens with one attached hydrogen (secondary N) is 2. The molecule has 0 saturated heterocycles.